The number of carbonyl (C=O) groups excluding carboxylic acids is 1. The van der Waals surface area contributed by atoms with Crippen LogP contribution in [0.25, 0.3) is 0 Å². The van der Waals surface area contributed by atoms with Gasteiger partial charge in [-0.15, -0.1) is 0 Å². The van der Waals surface area contributed by atoms with E-state index in [0.29, 0.717) is 6.54 Å². The molecule has 1 unspecified atom stereocenters. The molecule has 0 heterocycles. The molecule has 1 atom stereocenters. The van der Waals surface area contributed by atoms with Crippen molar-refractivity contribution in [1.82, 2.24) is 5.32 Å². The summed E-state index contributed by atoms with van der Waals surface area (Å²) in [5, 5.41) is 12.1. The Morgan fingerprint density at radius 3 is 2.59 bits per heavy atom. The van der Waals surface area contributed by atoms with Crippen molar-refractivity contribution in [2.45, 2.75) is 39.8 Å². The van der Waals surface area contributed by atoms with Crippen molar-refractivity contribution in [3.05, 3.63) is 35.4 Å². The van der Waals surface area contributed by atoms with Crippen LogP contribution in [0.3, 0.4) is 0 Å². The molecule has 2 N–H and O–H groups in total. The highest BCUT2D eigenvalue weighted by atomic mass is 16.3. The first-order valence-corrected chi connectivity index (χ1v) is 6.14. The maximum atomic E-state index is 11.7. The summed E-state index contributed by atoms with van der Waals surface area (Å²) >= 11 is 0. The van der Waals surface area contributed by atoms with E-state index in [4.69, 9.17) is 5.11 Å². The predicted molar refractivity (Wildman–Crippen MR) is 68.3 cm³/mol. The minimum absolute atomic E-state index is 0.0105. The molecule has 0 bridgehead atoms. The Kier molecular flexibility index (Phi) is 5.70. The zero-order valence-corrected chi connectivity index (χ0v) is 10.6. The summed E-state index contributed by atoms with van der Waals surface area (Å²) in [6.07, 6.45) is 1.93. The molecule has 1 amide bonds. The first-order valence-electron chi connectivity index (χ1n) is 6.14. The van der Waals surface area contributed by atoms with Crippen LogP contribution in [0.4, 0.5) is 0 Å². The summed E-state index contributed by atoms with van der Waals surface area (Å²) < 4.78 is 0. The molecule has 0 fully saturated rings. The van der Waals surface area contributed by atoms with Gasteiger partial charge in [0.2, 0.25) is 5.91 Å². The smallest absolute Gasteiger partial charge is 0.223 e. The molecule has 0 aromatic heterocycles. The lowest BCUT2D eigenvalue weighted by atomic mass is 10.0. The zero-order valence-electron chi connectivity index (χ0n) is 10.6. The highest BCUT2D eigenvalue weighted by Crippen LogP contribution is 2.09. The highest BCUT2D eigenvalue weighted by Gasteiger charge is 2.11. The Balaban J connectivity index is 2.52. The first kappa shape index (κ1) is 13.7. The van der Waals surface area contributed by atoms with Gasteiger partial charge in [0.05, 0.1) is 6.61 Å². The van der Waals surface area contributed by atoms with E-state index in [1.807, 2.05) is 31.2 Å². The summed E-state index contributed by atoms with van der Waals surface area (Å²) in [4.78, 5) is 11.7. The number of aliphatic hydroxyl groups excluding tert-OH is 1. The van der Waals surface area contributed by atoms with Gasteiger partial charge in [0.15, 0.2) is 0 Å². The maximum Gasteiger partial charge on any atom is 0.223 e. The van der Waals surface area contributed by atoms with Gasteiger partial charge in [0.25, 0.3) is 0 Å². The second kappa shape index (κ2) is 7.07. The first-order chi connectivity index (χ1) is 8.19. The standard InChI is InChI=1S/C14H21NO2/c1-3-6-11(2)14(17)15-9-12-7-4-5-8-13(12)10-16/h4-5,7-8,11,16H,3,6,9-10H2,1-2H3,(H,15,17). The molecule has 1 aromatic carbocycles. The number of carbonyl (C=O) groups is 1. The van der Waals surface area contributed by atoms with Gasteiger partial charge in [-0.2, -0.15) is 0 Å². The molecule has 3 nitrogen and oxygen atoms in total. The monoisotopic (exact) mass is 235 g/mol. The SMILES string of the molecule is CCCC(C)C(=O)NCc1ccccc1CO. The number of benzene rings is 1. The van der Waals surface area contributed by atoms with Crippen LogP contribution in [0.5, 0.6) is 0 Å². The largest absolute Gasteiger partial charge is 0.392 e. The third kappa shape index (κ3) is 4.19. The molecule has 0 aliphatic heterocycles. The summed E-state index contributed by atoms with van der Waals surface area (Å²) in [5.41, 5.74) is 1.85. The van der Waals surface area contributed by atoms with Crippen LogP contribution < -0.4 is 5.32 Å². The van der Waals surface area contributed by atoms with Crippen LogP contribution in [0.15, 0.2) is 24.3 Å². The van der Waals surface area contributed by atoms with E-state index in [1.54, 1.807) is 0 Å². The molecule has 1 rings (SSSR count). The van der Waals surface area contributed by atoms with Gasteiger partial charge in [-0.3, -0.25) is 4.79 Å². The lowest BCUT2D eigenvalue weighted by Crippen LogP contribution is -2.29. The Morgan fingerprint density at radius 2 is 2.00 bits per heavy atom. The lowest BCUT2D eigenvalue weighted by Gasteiger charge is -2.12. The van der Waals surface area contributed by atoms with E-state index in [2.05, 4.69) is 12.2 Å². The number of nitrogens with one attached hydrogen (secondary N) is 1. The second-order valence-corrected chi connectivity index (χ2v) is 4.33. The molecule has 0 saturated carbocycles. The number of amides is 1. The molecule has 0 radical (unpaired) electrons. The molecular weight excluding hydrogens is 214 g/mol. The Hall–Kier alpha value is -1.35. The van der Waals surface area contributed by atoms with Crippen molar-refractivity contribution in [1.29, 1.82) is 0 Å². The number of hydrogen-bond donors (Lipinski definition) is 2. The average Bonchev–Trinajstić information content (AvgIpc) is 2.36. The maximum absolute atomic E-state index is 11.7. The molecule has 17 heavy (non-hydrogen) atoms. The van der Waals surface area contributed by atoms with Gasteiger partial charge < -0.3 is 10.4 Å². The summed E-state index contributed by atoms with van der Waals surface area (Å²) in [6, 6.07) is 7.60. The van der Waals surface area contributed by atoms with Crippen molar-refractivity contribution < 1.29 is 9.90 Å². The van der Waals surface area contributed by atoms with Crippen molar-refractivity contribution >= 4 is 5.91 Å². The van der Waals surface area contributed by atoms with E-state index in [0.717, 1.165) is 24.0 Å². The summed E-state index contributed by atoms with van der Waals surface area (Å²) in [5.74, 6) is 0.140. The molecule has 0 spiro atoms. The van der Waals surface area contributed by atoms with Gasteiger partial charge in [-0.1, -0.05) is 44.5 Å². The molecule has 0 saturated heterocycles. The topological polar surface area (TPSA) is 49.3 Å². The van der Waals surface area contributed by atoms with Crippen molar-refractivity contribution in [3.8, 4) is 0 Å². The average molecular weight is 235 g/mol. The fraction of sp³-hybridized carbons (Fsp3) is 0.500. The Labute approximate surface area is 103 Å². The second-order valence-electron chi connectivity index (χ2n) is 4.33. The molecule has 0 aliphatic rings. The lowest BCUT2D eigenvalue weighted by molar-refractivity contribution is -0.124. The van der Waals surface area contributed by atoms with Crippen LogP contribution in [-0.4, -0.2) is 11.0 Å². The Bertz CT molecular complexity index is 363. The van der Waals surface area contributed by atoms with E-state index in [9.17, 15) is 4.79 Å². The van der Waals surface area contributed by atoms with Gasteiger partial charge in [0, 0.05) is 12.5 Å². The van der Waals surface area contributed by atoms with Crippen LogP contribution in [0, 0.1) is 5.92 Å². The third-order valence-electron chi connectivity index (χ3n) is 2.91. The van der Waals surface area contributed by atoms with Crippen molar-refractivity contribution in [3.63, 3.8) is 0 Å². The van der Waals surface area contributed by atoms with Crippen LogP contribution in [-0.2, 0) is 17.9 Å². The highest BCUT2D eigenvalue weighted by molar-refractivity contribution is 5.78. The number of aliphatic hydroxyl groups is 1. The molecule has 94 valence electrons. The fourth-order valence-corrected chi connectivity index (χ4v) is 1.80. The normalized spacial score (nSPS) is 12.2. The quantitative estimate of drug-likeness (QED) is 0.794. The minimum atomic E-state index is 0.0105. The van der Waals surface area contributed by atoms with Gasteiger partial charge in [-0.25, -0.2) is 0 Å². The minimum Gasteiger partial charge on any atom is -0.392 e. The van der Waals surface area contributed by atoms with Crippen LogP contribution >= 0.6 is 0 Å². The fourth-order valence-electron chi connectivity index (χ4n) is 1.80. The van der Waals surface area contributed by atoms with Gasteiger partial charge in [-0.05, 0) is 17.5 Å². The molecular formula is C14H21NO2. The molecule has 0 aliphatic carbocycles. The third-order valence-corrected chi connectivity index (χ3v) is 2.91. The van der Waals surface area contributed by atoms with E-state index in [1.165, 1.54) is 0 Å². The molecule has 3 heteroatoms. The number of rotatable bonds is 6. The van der Waals surface area contributed by atoms with Crippen molar-refractivity contribution in [2.24, 2.45) is 5.92 Å². The van der Waals surface area contributed by atoms with E-state index < -0.39 is 0 Å². The molecule has 1 aromatic rings. The van der Waals surface area contributed by atoms with Gasteiger partial charge >= 0.3 is 0 Å². The Morgan fingerprint density at radius 1 is 1.35 bits per heavy atom. The number of hydrogen-bond acceptors (Lipinski definition) is 2. The summed E-state index contributed by atoms with van der Waals surface area (Å²) in [7, 11) is 0. The van der Waals surface area contributed by atoms with Gasteiger partial charge in [0.1, 0.15) is 0 Å². The van der Waals surface area contributed by atoms with E-state index in [-0.39, 0.29) is 18.4 Å². The van der Waals surface area contributed by atoms with E-state index >= 15 is 0 Å². The zero-order chi connectivity index (χ0) is 12.7. The summed E-state index contributed by atoms with van der Waals surface area (Å²) in [6.45, 7) is 4.52. The van der Waals surface area contributed by atoms with Crippen LogP contribution in [0.2, 0.25) is 0 Å². The predicted octanol–water partition coefficient (Wildman–Crippen LogP) is 2.23. The van der Waals surface area contributed by atoms with Crippen LogP contribution in [0.1, 0.15) is 37.8 Å². The van der Waals surface area contributed by atoms with Crippen molar-refractivity contribution in [2.75, 3.05) is 0 Å².